The minimum absolute atomic E-state index is 0.152. The molecule has 0 bridgehead atoms. The molecular weight excluding hydrogens is 382 g/mol. The Bertz CT molecular complexity index is 518. The van der Waals surface area contributed by atoms with Gasteiger partial charge >= 0.3 is 5.97 Å². The average Bonchev–Trinajstić information content (AvgIpc) is 3.58. The van der Waals surface area contributed by atoms with Crippen LogP contribution >= 0.6 is 0 Å². The first-order valence-corrected chi connectivity index (χ1v) is 11.4. The number of carbonyl (C=O) groups is 1. The molecule has 3 saturated heterocycles. The first-order valence-electron chi connectivity index (χ1n) is 11.4. The van der Waals surface area contributed by atoms with Gasteiger partial charge in [0.1, 0.15) is 6.61 Å². The van der Waals surface area contributed by atoms with Gasteiger partial charge in [0.15, 0.2) is 0 Å². The van der Waals surface area contributed by atoms with E-state index < -0.39 is 5.41 Å². The lowest BCUT2D eigenvalue weighted by Gasteiger charge is -2.32. The zero-order valence-corrected chi connectivity index (χ0v) is 18.7. The summed E-state index contributed by atoms with van der Waals surface area (Å²) in [5.41, 5.74) is -0.402. The Hall–Kier alpha value is -1.57. The van der Waals surface area contributed by atoms with Gasteiger partial charge in [-0.1, -0.05) is 20.1 Å². The van der Waals surface area contributed by atoms with Gasteiger partial charge in [0.2, 0.25) is 0 Å². The van der Waals surface area contributed by atoms with E-state index in [0.717, 1.165) is 63.5 Å². The summed E-state index contributed by atoms with van der Waals surface area (Å²) in [4.78, 5) is 19.1. The van der Waals surface area contributed by atoms with E-state index in [0.29, 0.717) is 26.2 Å². The topological polar surface area (TPSA) is 53.8 Å². The van der Waals surface area contributed by atoms with Crippen LogP contribution in [0.2, 0.25) is 0 Å². The third-order valence-electron chi connectivity index (χ3n) is 6.12. The minimum Gasteiger partial charge on any atom is -0.498 e. The summed E-state index contributed by atoms with van der Waals surface area (Å²) in [5, 5.41) is 0. The van der Waals surface area contributed by atoms with Crippen molar-refractivity contribution in [2.45, 2.75) is 32.6 Å². The molecule has 7 heteroatoms. The second-order valence-corrected chi connectivity index (χ2v) is 8.94. The lowest BCUT2D eigenvalue weighted by atomic mass is 9.88. The Morgan fingerprint density at radius 1 is 0.733 bits per heavy atom. The second-order valence-electron chi connectivity index (χ2n) is 8.94. The maximum Gasteiger partial charge on any atom is 0.307 e. The quantitative estimate of drug-likeness (QED) is 0.191. The molecule has 0 aliphatic carbocycles. The maximum atomic E-state index is 12.2. The first kappa shape index (κ1) is 23.1. The molecule has 30 heavy (non-hydrogen) atoms. The predicted molar refractivity (Wildman–Crippen MR) is 117 cm³/mol. The third-order valence-corrected chi connectivity index (χ3v) is 6.12. The zero-order chi connectivity index (χ0) is 21.4. The van der Waals surface area contributed by atoms with Gasteiger partial charge in [0.05, 0.1) is 36.6 Å². The maximum absolute atomic E-state index is 12.2. The van der Waals surface area contributed by atoms with Gasteiger partial charge in [-0.05, 0) is 6.42 Å². The highest BCUT2D eigenvalue weighted by atomic mass is 16.5. The van der Waals surface area contributed by atoms with E-state index in [4.69, 9.17) is 14.2 Å². The van der Waals surface area contributed by atoms with Gasteiger partial charge in [-0.2, -0.15) is 0 Å². The number of rotatable bonds is 18. The molecule has 7 nitrogen and oxygen atoms in total. The summed E-state index contributed by atoms with van der Waals surface area (Å²) < 4.78 is 17.7. The molecule has 3 aliphatic heterocycles. The molecule has 0 N–H and O–H groups in total. The van der Waals surface area contributed by atoms with E-state index in [1.807, 2.05) is 0 Å². The highest BCUT2D eigenvalue weighted by Gasteiger charge is 2.33. The molecule has 0 aromatic heterocycles. The van der Waals surface area contributed by atoms with Crippen LogP contribution in [0.25, 0.3) is 0 Å². The Labute approximate surface area is 181 Å². The van der Waals surface area contributed by atoms with Gasteiger partial charge < -0.3 is 28.9 Å². The summed E-state index contributed by atoms with van der Waals surface area (Å²) in [5.74, 6) is 1.42. The van der Waals surface area contributed by atoms with Crippen LogP contribution in [-0.2, 0) is 19.0 Å². The Morgan fingerprint density at radius 3 is 1.53 bits per heavy atom. The highest BCUT2D eigenvalue weighted by Crippen LogP contribution is 2.27. The summed E-state index contributed by atoms with van der Waals surface area (Å²) in [6, 6.07) is 0. The highest BCUT2D eigenvalue weighted by molar-refractivity contribution is 5.69. The predicted octanol–water partition coefficient (Wildman–Crippen LogP) is 2.10. The average molecular weight is 422 g/mol. The van der Waals surface area contributed by atoms with Gasteiger partial charge in [0.25, 0.3) is 0 Å². The van der Waals surface area contributed by atoms with Gasteiger partial charge in [-0.15, -0.1) is 0 Å². The van der Waals surface area contributed by atoms with Crippen molar-refractivity contribution in [2.24, 2.45) is 5.41 Å². The van der Waals surface area contributed by atoms with E-state index in [1.54, 1.807) is 0 Å². The van der Waals surface area contributed by atoms with Crippen molar-refractivity contribution in [3.8, 4) is 0 Å². The molecule has 0 amide bonds. The summed E-state index contributed by atoms with van der Waals surface area (Å²) >= 11 is 0. The SMILES string of the molecule is C=C(CCN1CC1)OCC(CC)(COC(=C)CCN1CC1)COC(=O)CCN1CC1. The van der Waals surface area contributed by atoms with E-state index in [2.05, 4.69) is 34.8 Å². The largest absolute Gasteiger partial charge is 0.498 e. The summed E-state index contributed by atoms with van der Waals surface area (Å²) in [6.45, 7) is 21.0. The second kappa shape index (κ2) is 11.2. The number of hydrogen-bond donors (Lipinski definition) is 0. The van der Waals surface area contributed by atoms with Crippen LogP contribution in [0, 0.1) is 5.41 Å². The zero-order valence-electron chi connectivity index (χ0n) is 18.7. The monoisotopic (exact) mass is 421 g/mol. The molecule has 0 unspecified atom stereocenters. The Kier molecular flexibility index (Phi) is 8.60. The number of carbonyl (C=O) groups excluding carboxylic acids is 1. The number of nitrogens with zero attached hydrogens (tertiary/aromatic N) is 3. The van der Waals surface area contributed by atoms with Crippen molar-refractivity contribution in [1.29, 1.82) is 0 Å². The van der Waals surface area contributed by atoms with Crippen molar-refractivity contribution in [1.82, 2.24) is 14.7 Å². The van der Waals surface area contributed by atoms with Gasteiger partial charge in [0, 0.05) is 71.7 Å². The standard InChI is InChI=1S/C23H39N3O4/c1-4-23(17-28-20(2)5-8-24-11-12-24,18-29-21(3)6-9-25-13-14-25)19-30-22(27)7-10-26-15-16-26/h2-19H2,1H3. The van der Waals surface area contributed by atoms with Crippen molar-refractivity contribution >= 4 is 5.97 Å². The van der Waals surface area contributed by atoms with E-state index in [-0.39, 0.29) is 5.97 Å². The minimum atomic E-state index is -0.402. The van der Waals surface area contributed by atoms with Crippen LogP contribution in [0.15, 0.2) is 24.7 Å². The number of hydrogen-bond acceptors (Lipinski definition) is 7. The number of esters is 1. The molecular formula is C23H39N3O4. The van der Waals surface area contributed by atoms with Crippen LogP contribution in [0.5, 0.6) is 0 Å². The fraction of sp³-hybridized carbons (Fsp3) is 0.783. The molecule has 0 spiro atoms. The molecule has 170 valence electrons. The normalized spacial score (nSPS) is 18.7. The van der Waals surface area contributed by atoms with Crippen molar-refractivity contribution < 1.29 is 19.0 Å². The van der Waals surface area contributed by atoms with Crippen LogP contribution in [-0.4, -0.2) is 99.4 Å². The molecule has 0 atom stereocenters. The molecule has 0 aromatic rings. The first-order chi connectivity index (χ1) is 14.5. The fourth-order valence-electron chi connectivity index (χ4n) is 3.09. The fourth-order valence-corrected chi connectivity index (χ4v) is 3.09. The lowest BCUT2D eigenvalue weighted by Crippen LogP contribution is -2.37. The van der Waals surface area contributed by atoms with Crippen LogP contribution in [0.3, 0.4) is 0 Å². The molecule has 0 saturated carbocycles. The van der Waals surface area contributed by atoms with Gasteiger partial charge in [-0.25, -0.2) is 0 Å². The third kappa shape index (κ3) is 9.06. The molecule has 3 heterocycles. The van der Waals surface area contributed by atoms with E-state index in [1.165, 1.54) is 26.2 Å². The molecule has 3 fully saturated rings. The molecule has 0 aromatic carbocycles. The van der Waals surface area contributed by atoms with Gasteiger partial charge in [-0.3, -0.25) is 4.79 Å². The van der Waals surface area contributed by atoms with Crippen molar-refractivity contribution in [3.63, 3.8) is 0 Å². The smallest absolute Gasteiger partial charge is 0.307 e. The molecule has 3 aliphatic rings. The van der Waals surface area contributed by atoms with Crippen LogP contribution in [0.4, 0.5) is 0 Å². The van der Waals surface area contributed by atoms with E-state index >= 15 is 0 Å². The molecule has 3 rings (SSSR count). The van der Waals surface area contributed by atoms with Crippen molar-refractivity contribution in [2.75, 3.05) is 78.7 Å². The summed E-state index contributed by atoms with van der Waals surface area (Å²) in [6.07, 6.45) is 2.88. The Morgan fingerprint density at radius 2 is 1.13 bits per heavy atom. The lowest BCUT2D eigenvalue weighted by molar-refractivity contribution is -0.150. The molecule has 0 radical (unpaired) electrons. The van der Waals surface area contributed by atoms with Crippen LogP contribution < -0.4 is 0 Å². The van der Waals surface area contributed by atoms with Crippen LogP contribution in [0.1, 0.15) is 32.6 Å². The summed E-state index contributed by atoms with van der Waals surface area (Å²) in [7, 11) is 0. The Balaban J connectivity index is 1.45. The number of ether oxygens (including phenoxy) is 3. The van der Waals surface area contributed by atoms with E-state index in [9.17, 15) is 4.79 Å². The van der Waals surface area contributed by atoms with Crippen molar-refractivity contribution in [3.05, 3.63) is 24.7 Å².